The molecule has 3 heterocycles. The second kappa shape index (κ2) is 6.78. The molecule has 0 aliphatic carbocycles. The van der Waals surface area contributed by atoms with Crippen LogP contribution >= 0.6 is 0 Å². The Kier molecular flexibility index (Phi) is 4.34. The molecule has 1 saturated heterocycles. The van der Waals surface area contributed by atoms with Crippen molar-refractivity contribution in [3.05, 3.63) is 42.2 Å². The zero-order valence-electron chi connectivity index (χ0n) is 14.4. The Balaban J connectivity index is 1.48. The van der Waals surface area contributed by atoms with Crippen molar-refractivity contribution in [2.75, 3.05) is 26.3 Å². The lowest BCUT2D eigenvalue weighted by Crippen LogP contribution is -2.42. The number of likely N-dealkylation sites (tertiary alicyclic amines) is 1. The minimum absolute atomic E-state index is 0.161. The number of hydrogen-bond acceptors (Lipinski definition) is 4. The fraction of sp³-hybridized carbons (Fsp3) is 0.474. The summed E-state index contributed by atoms with van der Waals surface area (Å²) in [5.74, 6) is 1.45. The molecule has 6 nitrogen and oxygen atoms in total. The SMILES string of the molecule is C[C@H](C(=O)N1CCC[C@H](n2cccn2)C1)c1ccc2c(c1)OCCO2. The molecular formula is C19H23N3O3. The third kappa shape index (κ3) is 3.21. The monoisotopic (exact) mass is 341 g/mol. The molecule has 2 atom stereocenters. The van der Waals surface area contributed by atoms with Gasteiger partial charge in [0.05, 0.1) is 12.0 Å². The van der Waals surface area contributed by atoms with Crippen LogP contribution in [0.1, 0.15) is 37.3 Å². The van der Waals surface area contributed by atoms with E-state index < -0.39 is 0 Å². The quantitative estimate of drug-likeness (QED) is 0.861. The molecule has 2 aromatic rings. The number of rotatable bonds is 3. The molecule has 0 N–H and O–H groups in total. The van der Waals surface area contributed by atoms with Gasteiger partial charge in [-0.05, 0) is 43.5 Å². The highest BCUT2D eigenvalue weighted by molar-refractivity contribution is 5.83. The molecular weight excluding hydrogens is 318 g/mol. The van der Waals surface area contributed by atoms with E-state index in [0.717, 1.165) is 43.0 Å². The summed E-state index contributed by atoms with van der Waals surface area (Å²) in [4.78, 5) is 15.0. The number of fused-ring (bicyclic) bond motifs is 1. The molecule has 2 aliphatic rings. The van der Waals surface area contributed by atoms with Gasteiger partial charge < -0.3 is 14.4 Å². The van der Waals surface area contributed by atoms with Crippen molar-refractivity contribution in [1.29, 1.82) is 0 Å². The zero-order chi connectivity index (χ0) is 17.2. The van der Waals surface area contributed by atoms with Crippen LogP contribution in [0.5, 0.6) is 11.5 Å². The van der Waals surface area contributed by atoms with Gasteiger partial charge in [-0.25, -0.2) is 0 Å². The summed E-state index contributed by atoms with van der Waals surface area (Å²) in [6.07, 6.45) is 5.83. The normalized spacial score (nSPS) is 21.0. The van der Waals surface area contributed by atoms with Crippen LogP contribution in [0.4, 0.5) is 0 Å². The molecule has 0 radical (unpaired) electrons. The maximum atomic E-state index is 13.0. The molecule has 0 bridgehead atoms. The fourth-order valence-corrected chi connectivity index (χ4v) is 3.61. The van der Waals surface area contributed by atoms with Crippen molar-refractivity contribution >= 4 is 5.91 Å². The smallest absolute Gasteiger partial charge is 0.229 e. The second-order valence-electron chi connectivity index (χ2n) is 6.69. The Morgan fingerprint density at radius 1 is 1.28 bits per heavy atom. The van der Waals surface area contributed by atoms with Gasteiger partial charge >= 0.3 is 0 Å². The van der Waals surface area contributed by atoms with E-state index in [1.165, 1.54) is 0 Å². The van der Waals surface area contributed by atoms with Gasteiger partial charge in [0.1, 0.15) is 13.2 Å². The summed E-state index contributed by atoms with van der Waals surface area (Å²) in [5.41, 5.74) is 0.968. The first-order chi connectivity index (χ1) is 12.2. The highest BCUT2D eigenvalue weighted by Crippen LogP contribution is 2.34. The highest BCUT2D eigenvalue weighted by atomic mass is 16.6. The van der Waals surface area contributed by atoms with Crippen LogP contribution < -0.4 is 9.47 Å². The van der Waals surface area contributed by atoms with Gasteiger partial charge in [-0.3, -0.25) is 9.48 Å². The van der Waals surface area contributed by atoms with Gasteiger partial charge in [-0.2, -0.15) is 5.10 Å². The van der Waals surface area contributed by atoms with Gasteiger partial charge in [0.2, 0.25) is 5.91 Å². The molecule has 2 aliphatic heterocycles. The molecule has 1 amide bonds. The number of ether oxygens (including phenoxy) is 2. The number of piperidine rings is 1. The van der Waals surface area contributed by atoms with E-state index in [-0.39, 0.29) is 17.9 Å². The van der Waals surface area contributed by atoms with Crippen LogP contribution in [-0.4, -0.2) is 46.9 Å². The predicted octanol–water partition coefficient (Wildman–Crippen LogP) is 2.62. The summed E-state index contributed by atoms with van der Waals surface area (Å²) in [5, 5.41) is 4.33. The number of nitrogens with zero attached hydrogens (tertiary/aromatic N) is 3. The molecule has 1 aromatic heterocycles. The number of benzene rings is 1. The van der Waals surface area contributed by atoms with Gasteiger partial charge in [0.25, 0.3) is 0 Å². The number of aromatic nitrogens is 2. The van der Waals surface area contributed by atoms with Crippen LogP contribution in [0, 0.1) is 0 Å². The van der Waals surface area contributed by atoms with Crippen molar-refractivity contribution in [3.63, 3.8) is 0 Å². The zero-order valence-corrected chi connectivity index (χ0v) is 14.4. The van der Waals surface area contributed by atoms with Crippen molar-refractivity contribution < 1.29 is 14.3 Å². The standard InChI is InChI=1S/C19H23N3O3/c1-14(15-5-6-17-18(12-15)25-11-10-24-17)19(23)21-8-2-4-16(13-21)22-9-3-7-20-22/h3,5-7,9,12,14,16H,2,4,8,10-11,13H2,1H3/t14-,16-/m0/s1. The van der Waals surface area contributed by atoms with E-state index >= 15 is 0 Å². The molecule has 0 unspecified atom stereocenters. The van der Waals surface area contributed by atoms with Crippen LogP contribution in [0.25, 0.3) is 0 Å². The lowest BCUT2D eigenvalue weighted by Gasteiger charge is -2.34. The van der Waals surface area contributed by atoms with E-state index in [2.05, 4.69) is 5.10 Å². The Morgan fingerprint density at radius 2 is 2.12 bits per heavy atom. The van der Waals surface area contributed by atoms with Gasteiger partial charge in [-0.1, -0.05) is 6.07 Å². The fourth-order valence-electron chi connectivity index (χ4n) is 3.61. The average molecular weight is 341 g/mol. The minimum atomic E-state index is -0.202. The topological polar surface area (TPSA) is 56.6 Å². The molecule has 1 aromatic carbocycles. The van der Waals surface area contributed by atoms with E-state index in [4.69, 9.17) is 9.47 Å². The van der Waals surface area contributed by atoms with Crippen LogP contribution in [-0.2, 0) is 4.79 Å². The summed E-state index contributed by atoms with van der Waals surface area (Å²) >= 11 is 0. The van der Waals surface area contributed by atoms with E-state index in [1.807, 2.05) is 47.0 Å². The Hall–Kier alpha value is -2.50. The third-order valence-electron chi connectivity index (χ3n) is 5.04. The molecule has 0 spiro atoms. The Bertz CT molecular complexity index is 744. The molecule has 4 rings (SSSR count). The molecule has 25 heavy (non-hydrogen) atoms. The maximum absolute atomic E-state index is 13.0. The minimum Gasteiger partial charge on any atom is -0.486 e. The van der Waals surface area contributed by atoms with Gasteiger partial charge in [-0.15, -0.1) is 0 Å². The van der Waals surface area contributed by atoms with Crippen molar-refractivity contribution in [2.24, 2.45) is 0 Å². The molecule has 6 heteroatoms. The van der Waals surface area contributed by atoms with Crippen LogP contribution in [0.2, 0.25) is 0 Å². The molecule has 1 fully saturated rings. The number of carbonyl (C=O) groups excluding carboxylic acids is 1. The first kappa shape index (κ1) is 16.0. The molecule has 0 saturated carbocycles. The Labute approximate surface area is 147 Å². The van der Waals surface area contributed by atoms with Gasteiger partial charge in [0, 0.05) is 25.5 Å². The van der Waals surface area contributed by atoms with Gasteiger partial charge in [0.15, 0.2) is 11.5 Å². The highest BCUT2D eigenvalue weighted by Gasteiger charge is 2.29. The molecule has 132 valence electrons. The third-order valence-corrected chi connectivity index (χ3v) is 5.04. The van der Waals surface area contributed by atoms with Crippen molar-refractivity contribution in [1.82, 2.24) is 14.7 Å². The summed E-state index contributed by atoms with van der Waals surface area (Å²) in [6.45, 7) is 4.62. The predicted molar refractivity (Wildman–Crippen MR) is 92.9 cm³/mol. The van der Waals surface area contributed by atoms with E-state index in [0.29, 0.717) is 13.2 Å². The first-order valence-corrected chi connectivity index (χ1v) is 8.90. The van der Waals surface area contributed by atoms with Crippen LogP contribution in [0.15, 0.2) is 36.7 Å². The average Bonchev–Trinajstić information content (AvgIpc) is 3.21. The summed E-state index contributed by atoms with van der Waals surface area (Å²) in [7, 11) is 0. The summed E-state index contributed by atoms with van der Waals surface area (Å²) < 4.78 is 13.2. The number of hydrogen-bond donors (Lipinski definition) is 0. The summed E-state index contributed by atoms with van der Waals surface area (Å²) in [6, 6.07) is 7.99. The maximum Gasteiger partial charge on any atom is 0.229 e. The van der Waals surface area contributed by atoms with Crippen molar-refractivity contribution in [3.8, 4) is 11.5 Å². The second-order valence-corrected chi connectivity index (χ2v) is 6.69. The number of amides is 1. The van der Waals surface area contributed by atoms with Crippen LogP contribution in [0.3, 0.4) is 0 Å². The largest absolute Gasteiger partial charge is 0.486 e. The Morgan fingerprint density at radius 3 is 2.92 bits per heavy atom. The first-order valence-electron chi connectivity index (χ1n) is 8.90. The number of carbonyl (C=O) groups is 1. The lowest BCUT2D eigenvalue weighted by atomic mass is 9.97. The van der Waals surface area contributed by atoms with Crippen molar-refractivity contribution in [2.45, 2.75) is 31.7 Å². The van der Waals surface area contributed by atoms with E-state index in [1.54, 1.807) is 6.20 Å². The van der Waals surface area contributed by atoms with E-state index in [9.17, 15) is 4.79 Å². The lowest BCUT2D eigenvalue weighted by molar-refractivity contribution is -0.134.